The van der Waals surface area contributed by atoms with Gasteiger partial charge in [0.1, 0.15) is 6.61 Å². The Kier molecular flexibility index (Phi) is 5.49. The zero-order valence-electron chi connectivity index (χ0n) is 13.1. The highest BCUT2D eigenvalue weighted by Gasteiger charge is 2.20. The molecule has 2 aromatic rings. The minimum atomic E-state index is -0.454. The highest BCUT2D eigenvalue weighted by molar-refractivity contribution is 9.10. The van der Waals surface area contributed by atoms with E-state index >= 15 is 0 Å². The fourth-order valence-electron chi connectivity index (χ4n) is 1.97. The van der Waals surface area contributed by atoms with Crippen molar-refractivity contribution in [1.29, 1.82) is 0 Å². The summed E-state index contributed by atoms with van der Waals surface area (Å²) in [6.45, 7) is 5.82. The monoisotopic (exact) mass is 400 g/mol. The first kappa shape index (κ1) is 18.0. The zero-order chi connectivity index (χ0) is 17.2. The minimum absolute atomic E-state index is 0.0148. The number of hydrogen-bond donors (Lipinski definition) is 1. The first-order valence-electron chi connectivity index (χ1n) is 7.03. The normalized spacial score (nSPS) is 11.6. The molecule has 0 radical (unpaired) electrons. The molecule has 0 saturated heterocycles. The van der Waals surface area contributed by atoms with E-state index in [4.69, 9.17) is 21.4 Å². The van der Waals surface area contributed by atoms with Gasteiger partial charge in [0, 0.05) is 4.47 Å². The molecular weight excluding hydrogens is 384 g/mol. The molecule has 1 aromatic carbocycles. The maximum absolute atomic E-state index is 12.2. The van der Waals surface area contributed by atoms with E-state index in [1.165, 1.54) is 10.9 Å². The van der Waals surface area contributed by atoms with Gasteiger partial charge in [0.05, 0.1) is 18.3 Å². The van der Waals surface area contributed by atoms with Crippen molar-refractivity contribution in [2.24, 2.45) is 0 Å². The molecule has 0 unspecified atom stereocenters. The van der Waals surface area contributed by atoms with Crippen LogP contribution in [0.25, 0.3) is 0 Å². The molecule has 0 aliphatic carbocycles. The lowest BCUT2D eigenvalue weighted by Gasteiger charge is -2.21. The first-order valence-corrected chi connectivity index (χ1v) is 8.20. The van der Waals surface area contributed by atoms with Gasteiger partial charge >= 0.3 is 0 Å². The van der Waals surface area contributed by atoms with Gasteiger partial charge in [0.2, 0.25) is 0 Å². The third kappa shape index (κ3) is 4.13. The van der Waals surface area contributed by atoms with Gasteiger partial charge < -0.3 is 9.84 Å². The minimum Gasteiger partial charge on any atom is -0.485 e. The number of halogens is 2. The van der Waals surface area contributed by atoms with Crippen LogP contribution >= 0.6 is 27.5 Å². The summed E-state index contributed by atoms with van der Waals surface area (Å²) >= 11 is 9.49. The number of rotatable bonds is 4. The molecule has 0 fully saturated rings. The van der Waals surface area contributed by atoms with Gasteiger partial charge in [-0.05, 0) is 38.0 Å². The van der Waals surface area contributed by atoms with Crippen molar-refractivity contribution in [2.75, 3.05) is 0 Å². The Morgan fingerprint density at radius 2 is 2.09 bits per heavy atom. The third-order valence-electron chi connectivity index (χ3n) is 3.20. The second kappa shape index (κ2) is 7.03. The fourth-order valence-corrected chi connectivity index (χ4v) is 2.70. The smallest absolute Gasteiger partial charge is 0.289 e. The number of aliphatic hydroxyl groups excluding tert-OH is 1. The van der Waals surface area contributed by atoms with Crippen LogP contribution in [0.2, 0.25) is 5.02 Å². The van der Waals surface area contributed by atoms with Gasteiger partial charge in [-0.2, -0.15) is 5.10 Å². The van der Waals surface area contributed by atoms with Crippen molar-refractivity contribution < 1.29 is 9.84 Å². The molecule has 2 rings (SSSR count). The molecule has 0 bridgehead atoms. The summed E-state index contributed by atoms with van der Waals surface area (Å²) in [6.07, 6.45) is 1.45. The van der Waals surface area contributed by atoms with Gasteiger partial charge in [-0.25, -0.2) is 4.68 Å². The van der Waals surface area contributed by atoms with Crippen molar-refractivity contribution in [2.45, 2.75) is 39.5 Å². The molecule has 0 aliphatic rings. The maximum atomic E-state index is 12.2. The SMILES string of the molecule is CC(C)(C)n1ncc(OCc2ccc(CO)c(Br)c2)c(Cl)c1=O. The van der Waals surface area contributed by atoms with Crippen LogP contribution in [0.5, 0.6) is 5.75 Å². The largest absolute Gasteiger partial charge is 0.485 e. The Morgan fingerprint density at radius 3 is 2.65 bits per heavy atom. The zero-order valence-corrected chi connectivity index (χ0v) is 15.5. The van der Waals surface area contributed by atoms with Crippen LogP contribution in [0.1, 0.15) is 31.9 Å². The van der Waals surface area contributed by atoms with E-state index in [0.717, 1.165) is 15.6 Å². The summed E-state index contributed by atoms with van der Waals surface area (Å²) in [4.78, 5) is 12.2. The number of nitrogens with zero attached hydrogens (tertiary/aromatic N) is 2. The van der Waals surface area contributed by atoms with E-state index in [-0.39, 0.29) is 29.5 Å². The Labute approximate surface area is 148 Å². The standard InChI is InChI=1S/C16H18BrClN2O3/c1-16(2,3)20-15(22)14(18)13(7-19-20)23-9-10-4-5-11(8-21)12(17)6-10/h4-7,21H,8-9H2,1-3H3. The number of ether oxygens (including phenoxy) is 1. The average Bonchev–Trinajstić information content (AvgIpc) is 2.47. The molecular formula is C16H18BrClN2O3. The molecule has 7 heteroatoms. The molecule has 1 aromatic heterocycles. The summed E-state index contributed by atoms with van der Waals surface area (Å²) in [7, 11) is 0. The Morgan fingerprint density at radius 1 is 1.39 bits per heavy atom. The van der Waals surface area contributed by atoms with Crippen LogP contribution in [0.15, 0.2) is 33.7 Å². The predicted octanol–water partition coefficient (Wildman–Crippen LogP) is 3.49. The second-order valence-electron chi connectivity index (χ2n) is 6.08. The van der Waals surface area contributed by atoms with E-state index in [1.54, 1.807) is 6.07 Å². The number of benzene rings is 1. The van der Waals surface area contributed by atoms with Crippen molar-refractivity contribution in [1.82, 2.24) is 9.78 Å². The topological polar surface area (TPSA) is 64.3 Å². The lowest BCUT2D eigenvalue weighted by molar-refractivity contribution is 0.280. The summed E-state index contributed by atoms with van der Waals surface area (Å²) in [5, 5.41) is 13.3. The number of aromatic nitrogens is 2. The van der Waals surface area contributed by atoms with Crippen LogP contribution < -0.4 is 10.3 Å². The Bertz CT molecular complexity index is 769. The molecule has 0 saturated carbocycles. The summed E-state index contributed by atoms with van der Waals surface area (Å²) in [5.41, 5.74) is 0.837. The lowest BCUT2D eigenvalue weighted by atomic mass is 10.1. The molecule has 1 heterocycles. The van der Waals surface area contributed by atoms with Crippen LogP contribution in [0, 0.1) is 0 Å². The van der Waals surface area contributed by atoms with E-state index < -0.39 is 5.54 Å². The third-order valence-corrected chi connectivity index (χ3v) is 4.29. The second-order valence-corrected chi connectivity index (χ2v) is 7.32. The molecule has 0 spiro atoms. The highest BCUT2D eigenvalue weighted by Crippen LogP contribution is 2.23. The summed E-state index contributed by atoms with van der Waals surface area (Å²) < 4.78 is 7.74. The van der Waals surface area contributed by atoms with E-state index in [2.05, 4.69) is 21.0 Å². The van der Waals surface area contributed by atoms with Crippen molar-refractivity contribution in [3.63, 3.8) is 0 Å². The predicted molar refractivity (Wildman–Crippen MR) is 92.9 cm³/mol. The van der Waals surface area contributed by atoms with E-state index in [1.807, 2.05) is 32.9 Å². The summed E-state index contributed by atoms with van der Waals surface area (Å²) in [5.74, 6) is 0.250. The van der Waals surface area contributed by atoms with Crippen LogP contribution in [-0.2, 0) is 18.8 Å². The molecule has 23 heavy (non-hydrogen) atoms. The Hall–Kier alpha value is -1.37. The molecule has 1 N–H and O–H groups in total. The molecule has 124 valence electrons. The number of aliphatic hydroxyl groups is 1. The lowest BCUT2D eigenvalue weighted by Crippen LogP contribution is -2.36. The average molecular weight is 402 g/mol. The molecule has 5 nitrogen and oxygen atoms in total. The van der Waals surface area contributed by atoms with Gasteiger partial charge in [0.25, 0.3) is 5.56 Å². The van der Waals surface area contributed by atoms with Gasteiger partial charge in [-0.15, -0.1) is 0 Å². The first-order chi connectivity index (χ1) is 10.7. The van der Waals surface area contributed by atoms with Crippen LogP contribution in [0.3, 0.4) is 0 Å². The Balaban J connectivity index is 2.20. The van der Waals surface area contributed by atoms with Gasteiger partial charge in [-0.1, -0.05) is 39.7 Å². The molecule has 0 atom stereocenters. The maximum Gasteiger partial charge on any atom is 0.289 e. The van der Waals surface area contributed by atoms with Crippen molar-refractivity contribution >= 4 is 27.5 Å². The fraction of sp³-hybridized carbons (Fsp3) is 0.375. The van der Waals surface area contributed by atoms with Crippen molar-refractivity contribution in [3.05, 3.63) is 55.4 Å². The van der Waals surface area contributed by atoms with Gasteiger partial charge in [-0.3, -0.25) is 4.79 Å². The van der Waals surface area contributed by atoms with Gasteiger partial charge in [0.15, 0.2) is 10.8 Å². The molecule has 0 amide bonds. The quantitative estimate of drug-likeness (QED) is 0.852. The summed E-state index contributed by atoms with van der Waals surface area (Å²) in [6, 6.07) is 5.50. The van der Waals surface area contributed by atoms with E-state index in [0.29, 0.717) is 0 Å². The highest BCUT2D eigenvalue weighted by atomic mass is 79.9. The molecule has 0 aliphatic heterocycles. The van der Waals surface area contributed by atoms with Crippen LogP contribution in [-0.4, -0.2) is 14.9 Å². The number of hydrogen-bond acceptors (Lipinski definition) is 4. The van der Waals surface area contributed by atoms with Crippen LogP contribution in [0.4, 0.5) is 0 Å². The van der Waals surface area contributed by atoms with Crippen molar-refractivity contribution in [3.8, 4) is 5.75 Å². The van der Waals surface area contributed by atoms with E-state index in [9.17, 15) is 4.79 Å².